The monoisotopic (exact) mass is 220 g/mol. The molecule has 0 saturated carbocycles. The van der Waals surface area contributed by atoms with Gasteiger partial charge in [-0.1, -0.05) is 6.08 Å². The van der Waals surface area contributed by atoms with Crippen molar-refractivity contribution in [3.63, 3.8) is 0 Å². The van der Waals surface area contributed by atoms with Crippen molar-refractivity contribution < 1.29 is 22.8 Å². The molecule has 14 heavy (non-hydrogen) atoms. The van der Waals surface area contributed by atoms with E-state index in [9.17, 15) is 4.79 Å². The first kappa shape index (κ1) is 13.3. The number of carbonyl (C=O) groups is 1. The van der Waals surface area contributed by atoms with Crippen molar-refractivity contribution in [2.24, 2.45) is 0 Å². The van der Waals surface area contributed by atoms with E-state index in [1.807, 2.05) is 0 Å². The first-order valence-electron chi connectivity index (χ1n) is 4.04. The number of allylic oxidation sites excluding steroid dienone is 1. The third-order valence-electron chi connectivity index (χ3n) is 1.76. The smallest absolute Gasteiger partial charge is 0.466 e. The van der Waals surface area contributed by atoms with Crippen LogP contribution in [0.3, 0.4) is 0 Å². The lowest BCUT2D eigenvalue weighted by molar-refractivity contribution is -0.134. The van der Waals surface area contributed by atoms with Crippen molar-refractivity contribution in [3.8, 4) is 0 Å². The van der Waals surface area contributed by atoms with Crippen LogP contribution in [0, 0.1) is 0 Å². The predicted molar refractivity (Wildman–Crippen MR) is 52.7 cm³/mol. The molecule has 0 fully saturated rings. The van der Waals surface area contributed by atoms with E-state index in [2.05, 4.69) is 4.74 Å². The molecule has 0 atom stereocenters. The van der Waals surface area contributed by atoms with Gasteiger partial charge in [0.25, 0.3) is 0 Å². The lowest BCUT2D eigenvalue weighted by Gasteiger charge is -2.22. The summed E-state index contributed by atoms with van der Waals surface area (Å²) in [6.07, 6.45) is 2.94. The Kier molecular flexibility index (Phi) is 6.38. The minimum absolute atomic E-state index is 0.406. The van der Waals surface area contributed by atoms with Gasteiger partial charge in [-0.2, -0.15) is 0 Å². The predicted octanol–water partition coefficient (Wildman–Crippen LogP) is 0.594. The number of hydrogen-bond donors (Lipinski definition) is 0. The van der Waals surface area contributed by atoms with Crippen LogP contribution in [0.15, 0.2) is 12.2 Å². The van der Waals surface area contributed by atoms with E-state index >= 15 is 0 Å². The molecule has 6 heteroatoms. The van der Waals surface area contributed by atoms with Gasteiger partial charge in [0, 0.05) is 33.4 Å². The summed E-state index contributed by atoms with van der Waals surface area (Å²) < 4.78 is 19.9. The summed E-state index contributed by atoms with van der Waals surface area (Å²) in [4.78, 5) is 10.7. The van der Waals surface area contributed by atoms with Gasteiger partial charge >= 0.3 is 14.8 Å². The van der Waals surface area contributed by atoms with E-state index < -0.39 is 14.8 Å². The largest absolute Gasteiger partial charge is 0.504 e. The molecule has 0 bridgehead atoms. The highest BCUT2D eigenvalue weighted by Crippen LogP contribution is 2.12. The van der Waals surface area contributed by atoms with Crippen LogP contribution in [0.2, 0.25) is 6.04 Å². The Morgan fingerprint density at radius 3 is 2.00 bits per heavy atom. The summed E-state index contributed by atoms with van der Waals surface area (Å²) in [6.45, 7) is 0. The molecule has 0 unspecified atom stereocenters. The summed E-state index contributed by atoms with van der Waals surface area (Å²) in [5, 5.41) is 0. The van der Waals surface area contributed by atoms with Crippen molar-refractivity contribution in [3.05, 3.63) is 12.2 Å². The molecule has 0 rings (SSSR count). The highest BCUT2D eigenvalue weighted by atomic mass is 28.4. The molecule has 0 aromatic heterocycles. The first-order chi connectivity index (χ1) is 6.64. The SMILES string of the molecule is COC(=O)C=CC[Si](OC)(OC)OC. The van der Waals surface area contributed by atoms with Crippen molar-refractivity contribution in [2.75, 3.05) is 28.4 Å². The molecule has 0 aromatic carbocycles. The zero-order valence-electron chi connectivity index (χ0n) is 8.90. The van der Waals surface area contributed by atoms with Gasteiger partial charge in [0.05, 0.1) is 7.11 Å². The summed E-state index contributed by atoms with van der Waals surface area (Å²) in [5.74, 6) is -0.406. The second-order valence-corrected chi connectivity index (χ2v) is 5.42. The van der Waals surface area contributed by atoms with Crippen molar-refractivity contribution in [1.82, 2.24) is 0 Å². The van der Waals surface area contributed by atoms with Gasteiger partial charge < -0.3 is 18.0 Å². The van der Waals surface area contributed by atoms with E-state index in [1.54, 1.807) is 6.08 Å². The van der Waals surface area contributed by atoms with E-state index in [4.69, 9.17) is 13.3 Å². The van der Waals surface area contributed by atoms with E-state index in [0.717, 1.165) is 0 Å². The van der Waals surface area contributed by atoms with Crippen LogP contribution in [0.1, 0.15) is 0 Å². The fraction of sp³-hybridized carbons (Fsp3) is 0.625. The van der Waals surface area contributed by atoms with Crippen molar-refractivity contribution in [1.29, 1.82) is 0 Å². The molecule has 0 aliphatic rings. The summed E-state index contributed by atoms with van der Waals surface area (Å²) in [7, 11) is 3.29. The molecule has 0 N–H and O–H groups in total. The molecule has 0 amide bonds. The number of esters is 1. The molecule has 82 valence electrons. The van der Waals surface area contributed by atoms with Gasteiger partial charge in [-0.05, 0) is 0 Å². The molecule has 0 heterocycles. The molecule has 0 aromatic rings. The van der Waals surface area contributed by atoms with E-state index in [0.29, 0.717) is 6.04 Å². The topological polar surface area (TPSA) is 54.0 Å². The second-order valence-electron chi connectivity index (χ2n) is 2.43. The highest BCUT2D eigenvalue weighted by Gasteiger charge is 2.36. The standard InChI is InChI=1S/C8H16O5Si/c1-10-8(9)6-5-7-14(11-2,12-3)13-4/h5-6H,7H2,1-4H3. The van der Waals surface area contributed by atoms with Gasteiger partial charge in [-0.25, -0.2) is 4.79 Å². The van der Waals surface area contributed by atoms with Crippen LogP contribution in [0.5, 0.6) is 0 Å². The number of rotatable bonds is 6. The van der Waals surface area contributed by atoms with E-state index in [-0.39, 0.29) is 0 Å². The maximum Gasteiger partial charge on any atom is 0.504 e. The molecule has 0 saturated heterocycles. The molecule has 5 nitrogen and oxygen atoms in total. The molecular formula is C8H16O5Si. The zero-order valence-corrected chi connectivity index (χ0v) is 9.90. The zero-order chi connectivity index (χ0) is 11.0. The quantitative estimate of drug-likeness (QED) is 0.372. The normalized spacial score (nSPS) is 12.0. The number of ether oxygens (including phenoxy) is 1. The van der Waals surface area contributed by atoms with Crippen molar-refractivity contribution >= 4 is 14.8 Å². The maximum absolute atomic E-state index is 10.7. The molecule has 0 aliphatic heterocycles. The molecule has 0 spiro atoms. The third-order valence-corrected chi connectivity index (χ3v) is 4.36. The Hall–Kier alpha value is -0.693. The molecule has 0 aliphatic carbocycles. The van der Waals surface area contributed by atoms with E-state index in [1.165, 1.54) is 34.5 Å². The number of hydrogen-bond acceptors (Lipinski definition) is 5. The van der Waals surface area contributed by atoms with Crippen LogP contribution in [-0.4, -0.2) is 43.2 Å². The van der Waals surface area contributed by atoms with Gasteiger partial charge in [0.1, 0.15) is 0 Å². The Labute approximate surface area is 85.0 Å². The Bertz CT molecular complexity index is 192. The molecular weight excluding hydrogens is 204 g/mol. The minimum atomic E-state index is -2.59. The minimum Gasteiger partial charge on any atom is -0.466 e. The third kappa shape index (κ3) is 4.01. The number of carbonyl (C=O) groups excluding carboxylic acids is 1. The van der Waals surface area contributed by atoms with Crippen LogP contribution in [-0.2, 0) is 22.8 Å². The van der Waals surface area contributed by atoms with Crippen LogP contribution in [0.25, 0.3) is 0 Å². The first-order valence-corrected chi connectivity index (χ1v) is 5.97. The maximum atomic E-state index is 10.7. The highest BCUT2D eigenvalue weighted by molar-refractivity contribution is 6.61. The van der Waals surface area contributed by atoms with Gasteiger partial charge in [0.15, 0.2) is 0 Å². The lowest BCUT2D eigenvalue weighted by atomic mass is 10.5. The van der Waals surface area contributed by atoms with Crippen LogP contribution >= 0.6 is 0 Å². The van der Waals surface area contributed by atoms with Gasteiger partial charge in [-0.3, -0.25) is 0 Å². The fourth-order valence-electron chi connectivity index (χ4n) is 0.868. The summed E-state index contributed by atoms with van der Waals surface area (Å²) in [6, 6.07) is 0.436. The Balaban J connectivity index is 4.18. The average molecular weight is 220 g/mol. The number of methoxy groups -OCH3 is 1. The second kappa shape index (κ2) is 6.72. The summed E-state index contributed by atoms with van der Waals surface area (Å²) in [5.41, 5.74) is 0. The lowest BCUT2D eigenvalue weighted by Crippen LogP contribution is -2.42. The Morgan fingerprint density at radius 1 is 1.14 bits per heavy atom. The Morgan fingerprint density at radius 2 is 1.64 bits per heavy atom. The fourth-order valence-corrected chi connectivity index (χ4v) is 2.27. The molecule has 0 radical (unpaired) electrons. The van der Waals surface area contributed by atoms with Gasteiger partial charge in [-0.15, -0.1) is 0 Å². The van der Waals surface area contributed by atoms with Crippen LogP contribution < -0.4 is 0 Å². The van der Waals surface area contributed by atoms with Gasteiger partial charge in [0.2, 0.25) is 0 Å². The van der Waals surface area contributed by atoms with Crippen LogP contribution in [0.4, 0.5) is 0 Å². The average Bonchev–Trinajstić information content (AvgIpc) is 2.25. The summed E-state index contributed by atoms with van der Waals surface area (Å²) >= 11 is 0. The van der Waals surface area contributed by atoms with Crippen molar-refractivity contribution in [2.45, 2.75) is 6.04 Å².